The van der Waals surface area contributed by atoms with E-state index < -0.39 is 5.97 Å². The van der Waals surface area contributed by atoms with Crippen LogP contribution in [0.2, 0.25) is 0 Å². The molecule has 1 fully saturated rings. The van der Waals surface area contributed by atoms with Crippen molar-refractivity contribution in [2.45, 2.75) is 18.9 Å². The fourth-order valence-corrected chi connectivity index (χ4v) is 2.16. The zero-order valence-electron chi connectivity index (χ0n) is 10.9. The van der Waals surface area contributed by atoms with E-state index in [-0.39, 0.29) is 29.9 Å². The highest BCUT2D eigenvalue weighted by atomic mass is 16.5. The van der Waals surface area contributed by atoms with Crippen molar-refractivity contribution in [1.82, 2.24) is 4.90 Å². The van der Waals surface area contributed by atoms with Crippen LogP contribution in [-0.4, -0.2) is 59.4 Å². The van der Waals surface area contributed by atoms with E-state index in [1.807, 2.05) is 0 Å². The van der Waals surface area contributed by atoms with Crippen molar-refractivity contribution in [3.8, 4) is 0 Å². The van der Waals surface area contributed by atoms with Crippen LogP contribution in [0.5, 0.6) is 0 Å². The van der Waals surface area contributed by atoms with Crippen LogP contribution in [0, 0.1) is 0 Å². The van der Waals surface area contributed by atoms with Gasteiger partial charge in [0.05, 0.1) is 24.9 Å². The number of rotatable bonds is 5. The predicted octanol–water partition coefficient (Wildman–Crippen LogP) is 0.591. The molecule has 0 unspecified atom stereocenters. The van der Waals surface area contributed by atoms with E-state index in [0.29, 0.717) is 32.5 Å². The number of carbonyl (C=O) groups is 2. The van der Waals surface area contributed by atoms with Gasteiger partial charge in [0, 0.05) is 19.2 Å². The largest absolute Gasteiger partial charge is 0.478 e. The van der Waals surface area contributed by atoms with Gasteiger partial charge in [0.25, 0.3) is 5.91 Å². The molecule has 0 bridgehead atoms. The summed E-state index contributed by atoms with van der Waals surface area (Å²) in [6, 6.07) is 1.24. The first-order chi connectivity index (χ1) is 9.61. The average Bonchev–Trinajstić information content (AvgIpc) is 2.95. The summed E-state index contributed by atoms with van der Waals surface area (Å²) < 4.78 is 10.4. The molecule has 20 heavy (non-hydrogen) atoms. The highest BCUT2D eigenvalue weighted by Gasteiger charge is 2.26. The Morgan fingerprint density at radius 1 is 1.40 bits per heavy atom. The number of nitrogens with zero attached hydrogens (tertiary/aromatic N) is 1. The molecule has 1 amide bonds. The van der Waals surface area contributed by atoms with Crippen molar-refractivity contribution in [3.05, 3.63) is 23.7 Å². The van der Waals surface area contributed by atoms with Crippen molar-refractivity contribution in [2.75, 3.05) is 26.3 Å². The number of ether oxygens (including phenoxy) is 1. The number of likely N-dealkylation sites (tertiary alicyclic amines) is 1. The molecule has 0 saturated carbocycles. The molecule has 2 rings (SSSR count). The molecular weight excluding hydrogens is 266 g/mol. The number of furan rings is 1. The maximum atomic E-state index is 12.1. The van der Waals surface area contributed by atoms with Crippen LogP contribution in [0.25, 0.3) is 0 Å². The minimum Gasteiger partial charge on any atom is -0.478 e. The fourth-order valence-electron chi connectivity index (χ4n) is 2.16. The summed E-state index contributed by atoms with van der Waals surface area (Å²) in [6.45, 7) is 1.35. The number of carboxylic acid groups (broad SMARTS) is 1. The van der Waals surface area contributed by atoms with Crippen LogP contribution in [0.4, 0.5) is 0 Å². The molecule has 2 heterocycles. The minimum atomic E-state index is -1.12. The third kappa shape index (κ3) is 3.37. The molecule has 1 aromatic rings. The Morgan fingerprint density at radius 2 is 2.10 bits per heavy atom. The molecule has 110 valence electrons. The lowest BCUT2D eigenvalue weighted by Crippen LogP contribution is -2.41. The molecular formula is C13H17NO6. The Balaban J connectivity index is 1.89. The maximum Gasteiger partial charge on any atom is 0.338 e. The summed E-state index contributed by atoms with van der Waals surface area (Å²) in [6.07, 6.45) is 2.50. The Kier molecular flexibility index (Phi) is 4.75. The molecule has 0 aromatic carbocycles. The summed E-state index contributed by atoms with van der Waals surface area (Å²) in [5.74, 6) is -1.39. The van der Waals surface area contributed by atoms with Crippen LogP contribution < -0.4 is 0 Å². The van der Waals surface area contributed by atoms with Gasteiger partial charge < -0.3 is 24.3 Å². The molecule has 2 N–H and O–H groups in total. The summed E-state index contributed by atoms with van der Waals surface area (Å²) in [7, 11) is 0. The number of hydrogen-bond donors (Lipinski definition) is 2. The van der Waals surface area contributed by atoms with Crippen molar-refractivity contribution in [3.63, 3.8) is 0 Å². The van der Waals surface area contributed by atoms with E-state index in [1.54, 1.807) is 4.90 Å². The van der Waals surface area contributed by atoms with E-state index in [9.17, 15) is 9.59 Å². The van der Waals surface area contributed by atoms with Crippen LogP contribution in [-0.2, 0) is 4.74 Å². The van der Waals surface area contributed by atoms with E-state index in [4.69, 9.17) is 19.4 Å². The van der Waals surface area contributed by atoms with E-state index >= 15 is 0 Å². The molecule has 1 saturated heterocycles. The molecule has 1 aliphatic rings. The van der Waals surface area contributed by atoms with Crippen LogP contribution in [0.1, 0.15) is 33.8 Å². The summed E-state index contributed by atoms with van der Waals surface area (Å²) in [5.41, 5.74) is -0.0329. The number of carboxylic acids is 1. The molecule has 1 aliphatic heterocycles. The fraction of sp³-hybridized carbons (Fsp3) is 0.538. The third-order valence-corrected chi connectivity index (χ3v) is 3.23. The van der Waals surface area contributed by atoms with Crippen LogP contribution in [0.3, 0.4) is 0 Å². The van der Waals surface area contributed by atoms with Gasteiger partial charge in [-0.3, -0.25) is 4.79 Å². The summed E-state index contributed by atoms with van der Waals surface area (Å²) in [5, 5.41) is 17.5. The second kappa shape index (κ2) is 6.53. The standard InChI is InChI=1S/C13H17NO6/c15-5-6-19-10-1-3-14(4-2-10)12(16)11-7-9(8-20-11)13(17)18/h7-8,10,15H,1-6H2,(H,17,18). The lowest BCUT2D eigenvalue weighted by Gasteiger charge is -2.31. The molecule has 7 nitrogen and oxygen atoms in total. The normalized spacial score (nSPS) is 16.4. The summed E-state index contributed by atoms with van der Waals surface area (Å²) >= 11 is 0. The quantitative estimate of drug-likeness (QED) is 0.820. The number of piperidine rings is 1. The van der Waals surface area contributed by atoms with E-state index in [1.165, 1.54) is 6.07 Å². The molecule has 0 aliphatic carbocycles. The molecule has 1 aromatic heterocycles. The highest BCUT2D eigenvalue weighted by molar-refractivity contribution is 5.95. The van der Waals surface area contributed by atoms with Crippen molar-refractivity contribution in [2.24, 2.45) is 0 Å². The topological polar surface area (TPSA) is 100 Å². The molecule has 7 heteroatoms. The number of amides is 1. The zero-order valence-corrected chi connectivity index (χ0v) is 10.9. The van der Waals surface area contributed by atoms with Gasteiger partial charge in [0.2, 0.25) is 0 Å². The number of aromatic carboxylic acids is 1. The first-order valence-corrected chi connectivity index (χ1v) is 6.45. The van der Waals surface area contributed by atoms with Gasteiger partial charge >= 0.3 is 5.97 Å². The van der Waals surface area contributed by atoms with Gasteiger partial charge in [-0.15, -0.1) is 0 Å². The molecule has 0 spiro atoms. The van der Waals surface area contributed by atoms with Gasteiger partial charge in [-0.05, 0) is 12.8 Å². The van der Waals surface area contributed by atoms with E-state index in [2.05, 4.69) is 0 Å². The highest BCUT2D eigenvalue weighted by Crippen LogP contribution is 2.17. The van der Waals surface area contributed by atoms with Crippen LogP contribution >= 0.6 is 0 Å². The lowest BCUT2D eigenvalue weighted by molar-refractivity contribution is -0.00608. The van der Waals surface area contributed by atoms with Crippen molar-refractivity contribution >= 4 is 11.9 Å². The van der Waals surface area contributed by atoms with Gasteiger partial charge in [0.1, 0.15) is 6.26 Å². The summed E-state index contributed by atoms with van der Waals surface area (Å²) in [4.78, 5) is 24.5. The van der Waals surface area contributed by atoms with Gasteiger partial charge in [-0.2, -0.15) is 0 Å². The van der Waals surface area contributed by atoms with Crippen molar-refractivity contribution in [1.29, 1.82) is 0 Å². The number of hydrogen-bond acceptors (Lipinski definition) is 5. The van der Waals surface area contributed by atoms with Crippen LogP contribution in [0.15, 0.2) is 16.7 Å². The van der Waals surface area contributed by atoms with Gasteiger partial charge in [-0.1, -0.05) is 0 Å². The average molecular weight is 283 g/mol. The Bertz CT molecular complexity index is 475. The number of carbonyl (C=O) groups excluding carboxylic acids is 1. The van der Waals surface area contributed by atoms with E-state index in [0.717, 1.165) is 6.26 Å². The second-order valence-electron chi connectivity index (χ2n) is 4.59. The minimum absolute atomic E-state index is 0.0104. The monoisotopic (exact) mass is 283 g/mol. The molecule has 0 radical (unpaired) electrons. The van der Waals surface area contributed by atoms with Gasteiger partial charge in [0.15, 0.2) is 5.76 Å². The van der Waals surface area contributed by atoms with Crippen molar-refractivity contribution < 1.29 is 29.0 Å². The Morgan fingerprint density at radius 3 is 2.65 bits per heavy atom. The first-order valence-electron chi connectivity index (χ1n) is 6.45. The van der Waals surface area contributed by atoms with Gasteiger partial charge in [-0.25, -0.2) is 4.79 Å². The Hall–Kier alpha value is -1.86. The number of aliphatic hydroxyl groups excluding tert-OH is 1. The SMILES string of the molecule is O=C(O)c1coc(C(=O)N2CCC(OCCO)CC2)c1. The first kappa shape index (κ1) is 14.5. The molecule has 0 atom stereocenters. The third-order valence-electron chi connectivity index (χ3n) is 3.23. The number of aliphatic hydroxyl groups is 1. The zero-order chi connectivity index (χ0) is 14.5. The smallest absolute Gasteiger partial charge is 0.338 e. The maximum absolute atomic E-state index is 12.1. The lowest BCUT2D eigenvalue weighted by atomic mass is 10.1. The Labute approximate surface area is 115 Å². The second-order valence-corrected chi connectivity index (χ2v) is 4.59. The predicted molar refractivity (Wildman–Crippen MR) is 67.6 cm³/mol.